The van der Waals surface area contributed by atoms with Crippen LogP contribution in [0.2, 0.25) is 0 Å². The SMILES string of the molecule is N#C/C(=C\c1ccc(Oc2ccc(C(F)(F)F)cc2[N+](=O)[O-])c(Br)c1)c1ccc([N+](=O)[O-])cc1. The zero-order valence-electron chi connectivity index (χ0n) is 16.7. The Labute approximate surface area is 197 Å². The number of non-ortho nitro benzene ring substituents is 1. The van der Waals surface area contributed by atoms with Crippen LogP contribution in [-0.2, 0) is 6.18 Å². The van der Waals surface area contributed by atoms with Crippen molar-refractivity contribution >= 4 is 39.0 Å². The Balaban J connectivity index is 1.90. The van der Waals surface area contributed by atoms with E-state index < -0.39 is 27.3 Å². The maximum atomic E-state index is 12.9. The molecule has 0 heterocycles. The topological polar surface area (TPSA) is 119 Å². The van der Waals surface area contributed by atoms with E-state index in [9.17, 15) is 38.7 Å². The fourth-order valence-electron chi connectivity index (χ4n) is 2.84. The Morgan fingerprint density at radius 1 is 0.971 bits per heavy atom. The molecule has 3 aromatic rings. The molecule has 0 aliphatic carbocycles. The minimum Gasteiger partial charge on any atom is -0.449 e. The number of benzene rings is 3. The van der Waals surface area contributed by atoms with Crippen LogP contribution in [0.1, 0.15) is 16.7 Å². The van der Waals surface area contributed by atoms with E-state index in [0.717, 1.165) is 6.07 Å². The van der Waals surface area contributed by atoms with Crippen LogP contribution in [0, 0.1) is 31.6 Å². The number of rotatable bonds is 6. The van der Waals surface area contributed by atoms with Crippen LogP contribution >= 0.6 is 15.9 Å². The average Bonchev–Trinajstić information content (AvgIpc) is 2.78. The number of hydrogen-bond donors (Lipinski definition) is 0. The molecule has 3 rings (SSSR count). The first kappa shape index (κ1) is 24.4. The van der Waals surface area contributed by atoms with E-state index in [1.54, 1.807) is 0 Å². The quantitative estimate of drug-likeness (QED) is 0.144. The molecule has 34 heavy (non-hydrogen) atoms. The van der Waals surface area contributed by atoms with Gasteiger partial charge >= 0.3 is 11.9 Å². The molecule has 0 saturated heterocycles. The summed E-state index contributed by atoms with van der Waals surface area (Å²) in [4.78, 5) is 20.5. The molecule has 3 aromatic carbocycles. The summed E-state index contributed by atoms with van der Waals surface area (Å²) in [5, 5.41) is 31.5. The first-order valence-electron chi connectivity index (χ1n) is 9.19. The third-order valence-electron chi connectivity index (χ3n) is 4.48. The molecule has 0 bridgehead atoms. The fraction of sp³-hybridized carbons (Fsp3) is 0.0455. The summed E-state index contributed by atoms with van der Waals surface area (Å²) in [5.74, 6) is -0.292. The van der Waals surface area contributed by atoms with Crippen molar-refractivity contribution in [1.29, 1.82) is 5.26 Å². The molecular formula is C22H11BrF3N3O5. The molecule has 0 amide bonds. The number of nitriles is 1. The largest absolute Gasteiger partial charge is 0.449 e. The van der Waals surface area contributed by atoms with Crippen LogP contribution in [-0.4, -0.2) is 9.85 Å². The van der Waals surface area contributed by atoms with Crippen molar-refractivity contribution in [1.82, 2.24) is 0 Å². The lowest BCUT2D eigenvalue weighted by atomic mass is 10.0. The van der Waals surface area contributed by atoms with Crippen molar-refractivity contribution in [2.45, 2.75) is 6.18 Å². The number of nitro groups is 2. The number of ether oxygens (including phenoxy) is 1. The Hall–Kier alpha value is -4.24. The number of halogens is 4. The molecule has 0 atom stereocenters. The number of nitrogens with zero attached hydrogens (tertiary/aromatic N) is 3. The third-order valence-corrected chi connectivity index (χ3v) is 5.10. The van der Waals surface area contributed by atoms with E-state index in [1.807, 2.05) is 6.07 Å². The van der Waals surface area contributed by atoms with Gasteiger partial charge in [0.2, 0.25) is 5.75 Å². The van der Waals surface area contributed by atoms with E-state index >= 15 is 0 Å². The molecule has 0 spiro atoms. The second kappa shape index (κ2) is 9.72. The van der Waals surface area contributed by atoms with E-state index in [1.165, 1.54) is 48.5 Å². The van der Waals surface area contributed by atoms with Gasteiger partial charge in [-0.1, -0.05) is 6.07 Å². The molecule has 0 N–H and O–H groups in total. The predicted molar refractivity (Wildman–Crippen MR) is 119 cm³/mol. The molecule has 0 aromatic heterocycles. The fourth-order valence-corrected chi connectivity index (χ4v) is 3.32. The summed E-state index contributed by atoms with van der Waals surface area (Å²) >= 11 is 3.24. The summed E-state index contributed by atoms with van der Waals surface area (Å²) in [6.07, 6.45) is -3.24. The Bertz CT molecular complexity index is 1350. The van der Waals surface area contributed by atoms with Gasteiger partial charge in [-0.15, -0.1) is 0 Å². The zero-order valence-corrected chi connectivity index (χ0v) is 18.3. The van der Waals surface area contributed by atoms with Gasteiger partial charge in [0.25, 0.3) is 5.69 Å². The molecule has 0 aliphatic heterocycles. The summed E-state index contributed by atoms with van der Waals surface area (Å²) in [6.45, 7) is 0. The number of hydrogen-bond acceptors (Lipinski definition) is 6. The van der Waals surface area contributed by atoms with Gasteiger partial charge in [0.15, 0.2) is 0 Å². The monoisotopic (exact) mass is 533 g/mol. The van der Waals surface area contributed by atoms with Crippen molar-refractivity contribution in [3.8, 4) is 17.6 Å². The van der Waals surface area contributed by atoms with Gasteiger partial charge in [0.05, 0.1) is 31.5 Å². The highest BCUT2D eigenvalue weighted by molar-refractivity contribution is 9.10. The lowest BCUT2D eigenvalue weighted by Crippen LogP contribution is -2.06. The molecule has 0 fully saturated rings. The van der Waals surface area contributed by atoms with Gasteiger partial charge in [-0.3, -0.25) is 20.2 Å². The Morgan fingerprint density at radius 2 is 1.62 bits per heavy atom. The minimum atomic E-state index is -4.75. The third kappa shape index (κ3) is 5.57. The second-order valence-electron chi connectivity index (χ2n) is 6.70. The Morgan fingerprint density at radius 3 is 2.15 bits per heavy atom. The molecular weight excluding hydrogens is 523 g/mol. The van der Waals surface area contributed by atoms with E-state index in [2.05, 4.69) is 15.9 Å². The number of allylic oxidation sites excluding steroid dienone is 1. The highest BCUT2D eigenvalue weighted by Gasteiger charge is 2.33. The summed E-state index contributed by atoms with van der Waals surface area (Å²) in [5.41, 5.74) is -0.963. The van der Waals surface area contributed by atoms with Gasteiger partial charge < -0.3 is 4.74 Å². The standard InChI is InChI=1S/C22H11BrF3N3O5/c23-18-10-13(9-15(12-27)14-2-5-17(6-3-14)28(30)31)1-7-20(18)34-21-8-4-16(22(24,25)26)11-19(21)29(32)33/h1-11H/b15-9+. The first-order chi connectivity index (χ1) is 16.0. The maximum absolute atomic E-state index is 12.9. The smallest absolute Gasteiger partial charge is 0.416 e. The molecule has 0 aliphatic rings. The van der Waals surface area contributed by atoms with E-state index in [-0.39, 0.29) is 22.8 Å². The lowest BCUT2D eigenvalue weighted by molar-refractivity contribution is -0.385. The maximum Gasteiger partial charge on any atom is 0.416 e. The van der Waals surface area contributed by atoms with Crippen molar-refractivity contribution < 1.29 is 27.8 Å². The van der Waals surface area contributed by atoms with Crippen LogP contribution in [0.3, 0.4) is 0 Å². The molecule has 12 heteroatoms. The van der Waals surface area contributed by atoms with E-state index in [4.69, 9.17) is 4.74 Å². The van der Waals surface area contributed by atoms with Gasteiger partial charge in [-0.25, -0.2) is 0 Å². The van der Waals surface area contributed by atoms with Crippen molar-refractivity contribution in [2.75, 3.05) is 0 Å². The minimum absolute atomic E-state index is 0.0915. The highest BCUT2D eigenvalue weighted by Crippen LogP contribution is 2.39. The predicted octanol–water partition coefficient (Wildman–Crippen LogP) is 7.14. The summed E-state index contributed by atoms with van der Waals surface area (Å²) in [7, 11) is 0. The van der Waals surface area contributed by atoms with Gasteiger partial charge in [-0.05, 0) is 69.5 Å². The highest BCUT2D eigenvalue weighted by atomic mass is 79.9. The summed E-state index contributed by atoms with van der Waals surface area (Å²) in [6, 6.07) is 13.8. The van der Waals surface area contributed by atoms with Gasteiger partial charge in [0, 0.05) is 18.2 Å². The van der Waals surface area contributed by atoms with Crippen molar-refractivity contribution in [2.24, 2.45) is 0 Å². The van der Waals surface area contributed by atoms with Gasteiger partial charge in [0.1, 0.15) is 5.75 Å². The van der Waals surface area contributed by atoms with Crippen LogP contribution in [0.4, 0.5) is 24.5 Å². The molecule has 172 valence electrons. The van der Waals surface area contributed by atoms with Crippen LogP contribution < -0.4 is 4.74 Å². The number of nitro benzene ring substituents is 2. The normalized spacial score (nSPS) is 11.6. The van der Waals surface area contributed by atoms with Crippen molar-refractivity contribution in [3.63, 3.8) is 0 Å². The van der Waals surface area contributed by atoms with Crippen LogP contribution in [0.15, 0.2) is 65.1 Å². The Kier molecular flexibility index (Phi) is 6.97. The second-order valence-corrected chi connectivity index (χ2v) is 7.56. The lowest BCUT2D eigenvalue weighted by Gasteiger charge is -2.11. The first-order valence-corrected chi connectivity index (χ1v) is 9.98. The molecule has 0 unspecified atom stereocenters. The number of alkyl halides is 3. The molecule has 0 radical (unpaired) electrons. The molecule has 0 saturated carbocycles. The van der Waals surface area contributed by atoms with Crippen molar-refractivity contribution in [3.05, 3.63) is 102 Å². The zero-order chi connectivity index (χ0) is 25.0. The molecule has 8 nitrogen and oxygen atoms in total. The van der Waals surface area contributed by atoms with Crippen LogP contribution in [0.5, 0.6) is 11.5 Å². The van der Waals surface area contributed by atoms with Crippen LogP contribution in [0.25, 0.3) is 11.6 Å². The van der Waals surface area contributed by atoms with E-state index in [0.29, 0.717) is 27.7 Å². The average molecular weight is 534 g/mol. The van der Waals surface area contributed by atoms with Gasteiger partial charge in [-0.2, -0.15) is 18.4 Å². The summed E-state index contributed by atoms with van der Waals surface area (Å²) < 4.78 is 44.4.